The van der Waals surface area contributed by atoms with Gasteiger partial charge in [0.25, 0.3) is 0 Å². The van der Waals surface area contributed by atoms with E-state index in [4.69, 9.17) is 4.74 Å². The average Bonchev–Trinajstić information content (AvgIpc) is 2.55. The smallest absolute Gasteiger partial charge is 0.183 e. The van der Waals surface area contributed by atoms with Crippen LogP contribution in [0.25, 0.3) is 0 Å². The number of rotatable bonds is 4. The van der Waals surface area contributed by atoms with Crippen molar-refractivity contribution in [2.24, 2.45) is 0 Å². The molecule has 1 fully saturated rings. The summed E-state index contributed by atoms with van der Waals surface area (Å²) in [5.41, 5.74) is 0.521. The quantitative estimate of drug-likeness (QED) is 0.241. The SMILES string of the molecule is CCC1=CC(NC2C(CO)OC(O)C(O)C2O)C(O)C(O)C1O. The molecule has 1 aliphatic heterocycles. The molecule has 9 heteroatoms. The van der Waals surface area contributed by atoms with Crippen LogP contribution in [0.3, 0.4) is 0 Å². The average molecular weight is 335 g/mol. The maximum atomic E-state index is 10.1. The van der Waals surface area contributed by atoms with Crippen molar-refractivity contribution < 1.29 is 40.5 Å². The zero-order chi connectivity index (χ0) is 17.3. The highest BCUT2D eigenvalue weighted by molar-refractivity contribution is 5.21. The summed E-state index contributed by atoms with van der Waals surface area (Å²) in [5, 5.41) is 71.3. The number of ether oxygens (including phenoxy) is 1. The van der Waals surface area contributed by atoms with Gasteiger partial charge in [0.2, 0.25) is 0 Å². The first kappa shape index (κ1) is 18.7. The number of aliphatic hydroxyl groups is 7. The van der Waals surface area contributed by atoms with Crippen LogP contribution in [0.15, 0.2) is 11.6 Å². The third kappa shape index (κ3) is 3.58. The van der Waals surface area contributed by atoms with Gasteiger partial charge in [-0.3, -0.25) is 0 Å². The van der Waals surface area contributed by atoms with Gasteiger partial charge in [0.15, 0.2) is 6.29 Å². The van der Waals surface area contributed by atoms with Crippen LogP contribution in [0, 0.1) is 0 Å². The Balaban J connectivity index is 2.19. The van der Waals surface area contributed by atoms with Crippen molar-refractivity contribution in [1.82, 2.24) is 5.32 Å². The van der Waals surface area contributed by atoms with Crippen molar-refractivity contribution in [3.63, 3.8) is 0 Å². The molecule has 0 aromatic heterocycles. The molecule has 0 radical (unpaired) electrons. The van der Waals surface area contributed by atoms with E-state index < -0.39 is 61.6 Å². The van der Waals surface area contributed by atoms with Crippen LogP contribution in [0.4, 0.5) is 0 Å². The van der Waals surface area contributed by atoms with Crippen molar-refractivity contribution in [3.05, 3.63) is 11.6 Å². The number of nitrogens with one attached hydrogen (secondary N) is 1. The summed E-state index contributed by atoms with van der Waals surface area (Å²) in [4.78, 5) is 0. The lowest BCUT2D eigenvalue weighted by Gasteiger charge is -2.44. The summed E-state index contributed by atoms with van der Waals surface area (Å²) in [6, 6.07) is -1.82. The zero-order valence-corrected chi connectivity index (χ0v) is 12.7. The van der Waals surface area contributed by atoms with Crippen LogP contribution < -0.4 is 5.32 Å². The monoisotopic (exact) mass is 335 g/mol. The normalized spacial score (nSPS) is 48.2. The van der Waals surface area contributed by atoms with Crippen molar-refractivity contribution in [2.45, 2.75) is 68.3 Å². The van der Waals surface area contributed by atoms with Gasteiger partial charge in [-0.1, -0.05) is 13.0 Å². The topological polar surface area (TPSA) is 163 Å². The molecule has 0 spiro atoms. The van der Waals surface area contributed by atoms with Gasteiger partial charge >= 0.3 is 0 Å². The maximum Gasteiger partial charge on any atom is 0.183 e. The van der Waals surface area contributed by atoms with Gasteiger partial charge in [0.05, 0.1) is 18.7 Å². The van der Waals surface area contributed by atoms with E-state index in [9.17, 15) is 35.7 Å². The molecule has 2 aliphatic rings. The fraction of sp³-hybridized carbons (Fsp3) is 0.857. The Labute approximate surface area is 133 Å². The van der Waals surface area contributed by atoms with Gasteiger partial charge in [-0.25, -0.2) is 0 Å². The molecule has 1 aliphatic carbocycles. The van der Waals surface area contributed by atoms with E-state index in [1.54, 1.807) is 13.0 Å². The van der Waals surface area contributed by atoms with E-state index in [-0.39, 0.29) is 0 Å². The summed E-state index contributed by atoms with van der Waals surface area (Å²) in [5.74, 6) is 0. The third-order valence-electron chi connectivity index (χ3n) is 4.51. The molecule has 134 valence electrons. The number of hydrogen-bond donors (Lipinski definition) is 8. The van der Waals surface area contributed by atoms with E-state index in [0.29, 0.717) is 12.0 Å². The summed E-state index contributed by atoms with van der Waals surface area (Å²) < 4.78 is 5.03. The molecule has 0 aromatic rings. The van der Waals surface area contributed by atoms with Crippen molar-refractivity contribution in [2.75, 3.05) is 6.61 Å². The summed E-state index contributed by atoms with van der Waals surface area (Å²) >= 11 is 0. The zero-order valence-electron chi connectivity index (χ0n) is 12.7. The third-order valence-corrected chi connectivity index (χ3v) is 4.51. The van der Waals surface area contributed by atoms with Gasteiger partial charge in [-0.2, -0.15) is 0 Å². The van der Waals surface area contributed by atoms with Gasteiger partial charge in [0, 0.05) is 0 Å². The number of aliphatic hydroxyl groups excluding tert-OH is 7. The lowest BCUT2D eigenvalue weighted by Crippen LogP contribution is -2.67. The van der Waals surface area contributed by atoms with E-state index in [1.165, 1.54) is 0 Å². The van der Waals surface area contributed by atoms with Crippen LogP contribution in [0.5, 0.6) is 0 Å². The number of hydrogen-bond acceptors (Lipinski definition) is 9. The predicted molar refractivity (Wildman–Crippen MR) is 77.1 cm³/mol. The minimum Gasteiger partial charge on any atom is -0.394 e. The molecule has 0 bridgehead atoms. The van der Waals surface area contributed by atoms with E-state index in [2.05, 4.69) is 5.32 Å². The van der Waals surface area contributed by atoms with Crippen molar-refractivity contribution in [3.8, 4) is 0 Å². The van der Waals surface area contributed by atoms with Gasteiger partial charge in [-0.05, 0) is 12.0 Å². The van der Waals surface area contributed by atoms with Crippen LogP contribution >= 0.6 is 0 Å². The Morgan fingerprint density at radius 1 is 1.00 bits per heavy atom. The molecule has 1 saturated heterocycles. The molecule has 9 nitrogen and oxygen atoms in total. The minimum absolute atomic E-state index is 0.456. The first-order chi connectivity index (χ1) is 10.8. The highest BCUT2D eigenvalue weighted by atomic mass is 16.6. The van der Waals surface area contributed by atoms with Gasteiger partial charge in [-0.15, -0.1) is 0 Å². The molecule has 23 heavy (non-hydrogen) atoms. The Hall–Kier alpha value is -0.620. The molecular weight excluding hydrogens is 310 g/mol. The standard InChI is InChI=1S/C14H25NO8/c1-2-5-3-6(10(18)12(20)9(5)17)15-8-7(4-16)23-14(22)13(21)11(8)19/h3,6-22H,2,4H2,1H3. The summed E-state index contributed by atoms with van der Waals surface area (Å²) in [6.45, 7) is 1.25. The highest BCUT2D eigenvalue weighted by Crippen LogP contribution is 2.25. The fourth-order valence-corrected chi connectivity index (χ4v) is 3.05. The second-order valence-corrected chi connectivity index (χ2v) is 5.97. The molecular formula is C14H25NO8. The minimum atomic E-state index is -1.63. The first-order valence-electron chi connectivity index (χ1n) is 7.63. The van der Waals surface area contributed by atoms with Crippen molar-refractivity contribution in [1.29, 1.82) is 0 Å². The Morgan fingerprint density at radius 3 is 2.22 bits per heavy atom. The second-order valence-electron chi connectivity index (χ2n) is 5.97. The maximum absolute atomic E-state index is 10.1. The predicted octanol–water partition coefficient (Wildman–Crippen LogP) is -3.82. The fourth-order valence-electron chi connectivity index (χ4n) is 3.05. The molecule has 9 atom stereocenters. The molecule has 9 unspecified atom stereocenters. The van der Waals surface area contributed by atoms with Crippen LogP contribution in [0.1, 0.15) is 13.3 Å². The lowest BCUT2D eigenvalue weighted by molar-refractivity contribution is -0.263. The second kappa shape index (κ2) is 7.51. The van der Waals surface area contributed by atoms with E-state index in [1.807, 2.05) is 0 Å². The molecule has 2 rings (SSSR count). The first-order valence-corrected chi connectivity index (χ1v) is 7.63. The largest absolute Gasteiger partial charge is 0.394 e. The van der Waals surface area contributed by atoms with E-state index in [0.717, 1.165) is 0 Å². The van der Waals surface area contributed by atoms with Crippen LogP contribution in [-0.4, -0.2) is 97.4 Å². The van der Waals surface area contributed by atoms with Crippen LogP contribution in [-0.2, 0) is 4.74 Å². The lowest BCUT2D eigenvalue weighted by atomic mass is 9.85. The molecule has 0 saturated carbocycles. The Morgan fingerprint density at radius 2 is 1.65 bits per heavy atom. The summed E-state index contributed by atoms with van der Waals surface area (Å²) in [7, 11) is 0. The Kier molecular flexibility index (Phi) is 6.11. The Bertz CT molecular complexity index is 431. The molecule has 0 amide bonds. The summed E-state index contributed by atoms with van der Waals surface area (Å²) in [6.07, 6.45) is -7.62. The highest BCUT2D eigenvalue weighted by Gasteiger charge is 2.46. The van der Waals surface area contributed by atoms with Crippen molar-refractivity contribution >= 4 is 0 Å². The molecule has 8 N–H and O–H groups in total. The van der Waals surface area contributed by atoms with Gasteiger partial charge in [0.1, 0.15) is 36.6 Å². The molecule has 0 aromatic carbocycles. The molecule has 1 heterocycles. The van der Waals surface area contributed by atoms with Gasteiger partial charge < -0.3 is 45.8 Å². The van der Waals surface area contributed by atoms with Crippen LogP contribution in [0.2, 0.25) is 0 Å². The van der Waals surface area contributed by atoms with E-state index >= 15 is 0 Å².